The first-order valence-corrected chi connectivity index (χ1v) is 7.32. The van der Waals surface area contributed by atoms with Crippen molar-refractivity contribution in [3.05, 3.63) is 35.4 Å². The molecule has 0 amide bonds. The molecule has 1 aromatic rings. The minimum absolute atomic E-state index is 0.297. The van der Waals surface area contributed by atoms with E-state index in [0.717, 1.165) is 18.9 Å². The van der Waals surface area contributed by atoms with Gasteiger partial charge in [-0.25, -0.2) is 0 Å². The smallest absolute Gasteiger partial charge is 0.0443 e. The Labute approximate surface area is 109 Å². The molecule has 2 aliphatic carbocycles. The quantitative estimate of drug-likeness (QED) is 0.799. The number of aliphatic hydroxyl groups excluding tert-OH is 1. The summed E-state index contributed by atoms with van der Waals surface area (Å²) in [6.07, 6.45) is 6.18. The van der Waals surface area contributed by atoms with Gasteiger partial charge in [-0.2, -0.15) is 0 Å². The lowest BCUT2D eigenvalue weighted by atomic mass is 9.66. The van der Waals surface area contributed by atoms with Crippen LogP contribution in [-0.2, 0) is 6.42 Å². The van der Waals surface area contributed by atoms with Crippen LogP contribution in [0, 0.1) is 5.92 Å². The highest BCUT2D eigenvalue weighted by atomic mass is 16.3. The normalized spacial score (nSPS) is 29.9. The Balaban J connectivity index is 1.80. The van der Waals surface area contributed by atoms with E-state index in [0.29, 0.717) is 18.6 Å². The zero-order valence-corrected chi connectivity index (χ0v) is 10.9. The van der Waals surface area contributed by atoms with Crippen molar-refractivity contribution in [3.63, 3.8) is 0 Å². The summed E-state index contributed by atoms with van der Waals surface area (Å²) in [6, 6.07) is 9.62. The number of hydrogen-bond donors (Lipinski definition) is 2. The minimum Gasteiger partial charge on any atom is -0.396 e. The van der Waals surface area contributed by atoms with Crippen LogP contribution in [0.5, 0.6) is 0 Å². The molecule has 1 aromatic carbocycles. The summed E-state index contributed by atoms with van der Waals surface area (Å²) >= 11 is 0. The van der Waals surface area contributed by atoms with Crippen LogP contribution in [0.2, 0.25) is 0 Å². The van der Waals surface area contributed by atoms with Crippen LogP contribution >= 0.6 is 0 Å². The molecule has 3 atom stereocenters. The van der Waals surface area contributed by atoms with Crippen LogP contribution in [-0.4, -0.2) is 24.3 Å². The maximum absolute atomic E-state index is 8.92. The van der Waals surface area contributed by atoms with Crippen molar-refractivity contribution in [1.82, 2.24) is 5.32 Å². The number of hydrogen-bond acceptors (Lipinski definition) is 2. The van der Waals surface area contributed by atoms with Gasteiger partial charge >= 0.3 is 0 Å². The third kappa shape index (κ3) is 2.19. The Kier molecular flexibility index (Phi) is 3.67. The lowest BCUT2D eigenvalue weighted by Crippen LogP contribution is -2.47. The van der Waals surface area contributed by atoms with Crippen molar-refractivity contribution in [3.8, 4) is 0 Å². The number of rotatable bonds is 4. The molecule has 1 fully saturated rings. The largest absolute Gasteiger partial charge is 0.396 e. The van der Waals surface area contributed by atoms with Gasteiger partial charge in [-0.1, -0.05) is 30.7 Å². The minimum atomic E-state index is 0.297. The third-order valence-corrected chi connectivity index (χ3v) is 4.68. The van der Waals surface area contributed by atoms with Gasteiger partial charge in [-0.05, 0) is 55.2 Å². The summed E-state index contributed by atoms with van der Waals surface area (Å²) in [7, 11) is 0. The average molecular weight is 245 g/mol. The molecule has 98 valence electrons. The summed E-state index contributed by atoms with van der Waals surface area (Å²) in [5.74, 6) is 1.50. The predicted octanol–water partition coefficient (Wildman–Crippen LogP) is 2.47. The summed E-state index contributed by atoms with van der Waals surface area (Å²) in [5.41, 5.74) is 3.15. The fraction of sp³-hybridized carbons (Fsp3) is 0.625. The lowest BCUT2D eigenvalue weighted by molar-refractivity contribution is 0.205. The van der Waals surface area contributed by atoms with E-state index in [-0.39, 0.29) is 0 Å². The van der Waals surface area contributed by atoms with Gasteiger partial charge in [-0.15, -0.1) is 0 Å². The second-order valence-corrected chi connectivity index (χ2v) is 5.76. The topological polar surface area (TPSA) is 32.3 Å². The predicted molar refractivity (Wildman–Crippen MR) is 73.7 cm³/mol. The number of benzene rings is 1. The van der Waals surface area contributed by atoms with Crippen molar-refractivity contribution in [2.75, 3.05) is 13.2 Å². The molecule has 0 radical (unpaired) electrons. The molecule has 18 heavy (non-hydrogen) atoms. The highest BCUT2D eigenvalue weighted by Crippen LogP contribution is 2.43. The summed E-state index contributed by atoms with van der Waals surface area (Å²) in [5, 5.41) is 12.6. The van der Waals surface area contributed by atoms with E-state index in [1.165, 1.54) is 25.7 Å². The second kappa shape index (κ2) is 5.41. The van der Waals surface area contributed by atoms with E-state index in [1.807, 2.05) is 0 Å². The number of aliphatic hydroxyl groups is 1. The fourth-order valence-corrected chi connectivity index (χ4v) is 3.89. The molecule has 2 heteroatoms. The first-order valence-electron chi connectivity index (χ1n) is 7.32. The molecule has 2 aliphatic rings. The zero-order valence-electron chi connectivity index (χ0n) is 10.9. The van der Waals surface area contributed by atoms with E-state index < -0.39 is 0 Å². The average Bonchev–Trinajstić information content (AvgIpc) is 2.39. The second-order valence-electron chi connectivity index (χ2n) is 5.76. The highest BCUT2D eigenvalue weighted by Gasteiger charge is 2.38. The summed E-state index contributed by atoms with van der Waals surface area (Å²) in [6.45, 7) is 1.25. The SMILES string of the molecule is OCCCN[C@H]1[C@H]2CCC[C@H]1c1ccccc1C2. The maximum atomic E-state index is 8.92. The van der Waals surface area contributed by atoms with Crippen LogP contribution in [0.15, 0.2) is 24.3 Å². The Hall–Kier alpha value is -0.860. The number of nitrogens with one attached hydrogen (secondary N) is 1. The molecular formula is C16H23NO. The molecule has 0 spiro atoms. The molecule has 0 aromatic heterocycles. The molecule has 3 rings (SSSR count). The molecule has 0 unspecified atom stereocenters. The Morgan fingerprint density at radius 2 is 2.11 bits per heavy atom. The molecule has 2 bridgehead atoms. The van der Waals surface area contributed by atoms with E-state index >= 15 is 0 Å². The van der Waals surface area contributed by atoms with Gasteiger partial charge < -0.3 is 10.4 Å². The van der Waals surface area contributed by atoms with Crippen LogP contribution in [0.3, 0.4) is 0 Å². The van der Waals surface area contributed by atoms with Crippen LogP contribution in [0.25, 0.3) is 0 Å². The van der Waals surface area contributed by atoms with Crippen molar-refractivity contribution in [2.45, 2.75) is 44.1 Å². The Morgan fingerprint density at radius 3 is 3.00 bits per heavy atom. The molecule has 1 saturated carbocycles. The van der Waals surface area contributed by atoms with Gasteiger partial charge in [0.2, 0.25) is 0 Å². The van der Waals surface area contributed by atoms with Gasteiger partial charge in [0, 0.05) is 12.6 Å². The van der Waals surface area contributed by atoms with Crippen LogP contribution < -0.4 is 5.32 Å². The summed E-state index contributed by atoms with van der Waals surface area (Å²) in [4.78, 5) is 0. The third-order valence-electron chi connectivity index (χ3n) is 4.68. The van der Waals surface area contributed by atoms with Gasteiger partial charge in [0.05, 0.1) is 0 Å². The lowest BCUT2D eigenvalue weighted by Gasteiger charge is -2.44. The molecule has 0 heterocycles. The summed E-state index contributed by atoms with van der Waals surface area (Å²) < 4.78 is 0. The first-order chi connectivity index (χ1) is 8.90. The van der Waals surface area contributed by atoms with Crippen molar-refractivity contribution in [2.24, 2.45) is 5.92 Å². The Morgan fingerprint density at radius 1 is 1.22 bits per heavy atom. The van der Waals surface area contributed by atoms with Gasteiger partial charge in [0.1, 0.15) is 0 Å². The van der Waals surface area contributed by atoms with Crippen molar-refractivity contribution in [1.29, 1.82) is 0 Å². The molecule has 2 nitrogen and oxygen atoms in total. The van der Waals surface area contributed by atoms with E-state index in [1.54, 1.807) is 11.1 Å². The van der Waals surface area contributed by atoms with Crippen molar-refractivity contribution >= 4 is 0 Å². The van der Waals surface area contributed by atoms with Gasteiger partial charge in [0.15, 0.2) is 0 Å². The van der Waals surface area contributed by atoms with E-state index in [4.69, 9.17) is 5.11 Å². The molecule has 0 aliphatic heterocycles. The monoisotopic (exact) mass is 245 g/mol. The molecular weight excluding hydrogens is 222 g/mol. The first kappa shape index (κ1) is 12.2. The Bertz CT molecular complexity index is 404. The van der Waals surface area contributed by atoms with Crippen molar-refractivity contribution < 1.29 is 5.11 Å². The van der Waals surface area contributed by atoms with Crippen LogP contribution in [0.4, 0.5) is 0 Å². The number of fused-ring (bicyclic) bond motifs is 4. The zero-order chi connectivity index (χ0) is 12.4. The van der Waals surface area contributed by atoms with E-state index in [2.05, 4.69) is 29.6 Å². The highest BCUT2D eigenvalue weighted by molar-refractivity contribution is 5.36. The van der Waals surface area contributed by atoms with Gasteiger partial charge in [0.25, 0.3) is 0 Å². The van der Waals surface area contributed by atoms with Gasteiger partial charge in [-0.3, -0.25) is 0 Å². The molecule has 0 saturated heterocycles. The molecule has 2 N–H and O–H groups in total. The maximum Gasteiger partial charge on any atom is 0.0443 e. The fourth-order valence-electron chi connectivity index (χ4n) is 3.89. The van der Waals surface area contributed by atoms with E-state index in [9.17, 15) is 0 Å². The van der Waals surface area contributed by atoms with Crippen LogP contribution in [0.1, 0.15) is 42.7 Å². The standard InChI is InChI=1S/C16H23NO/c18-10-4-9-17-16-13-6-3-8-15(16)14-7-2-1-5-12(14)11-13/h1-2,5,7,13,15-18H,3-4,6,8-11H2/t13-,15-,16-/m0/s1.